The van der Waals surface area contributed by atoms with Crippen LogP contribution in [0.15, 0.2) is 11.4 Å². The number of aliphatic hydroxyl groups is 1. The first kappa shape index (κ1) is 11.6. The van der Waals surface area contributed by atoms with Gasteiger partial charge in [-0.3, -0.25) is 4.79 Å². The molecule has 2 rings (SSSR count). The van der Waals surface area contributed by atoms with Gasteiger partial charge < -0.3 is 10.4 Å². The van der Waals surface area contributed by atoms with Gasteiger partial charge in [-0.25, -0.2) is 0 Å². The molecule has 1 amide bonds. The number of carbonyl (C=O) groups excluding carboxylic acids is 1. The summed E-state index contributed by atoms with van der Waals surface area (Å²) in [6.45, 7) is 2.53. The molecule has 0 radical (unpaired) electrons. The maximum absolute atomic E-state index is 11.8. The summed E-state index contributed by atoms with van der Waals surface area (Å²) in [4.78, 5) is 12.6. The SMILES string of the molecule is Cc1ccsc1C(=O)NCC1CCCC1O. The lowest BCUT2D eigenvalue weighted by Gasteiger charge is -2.14. The van der Waals surface area contributed by atoms with Crippen molar-refractivity contribution < 1.29 is 9.90 Å². The van der Waals surface area contributed by atoms with Crippen molar-refractivity contribution in [3.63, 3.8) is 0 Å². The predicted molar refractivity (Wildman–Crippen MR) is 64.7 cm³/mol. The summed E-state index contributed by atoms with van der Waals surface area (Å²) in [7, 11) is 0. The van der Waals surface area contributed by atoms with Crippen LogP contribution >= 0.6 is 11.3 Å². The third kappa shape index (κ3) is 2.44. The zero-order chi connectivity index (χ0) is 11.5. The fourth-order valence-electron chi connectivity index (χ4n) is 2.16. The van der Waals surface area contributed by atoms with Crippen molar-refractivity contribution in [1.29, 1.82) is 0 Å². The summed E-state index contributed by atoms with van der Waals surface area (Å²) in [6.07, 6.45) is 2.73. The molecule has 1 aromatic rings. The topological polar surface area (TPSA) is 49.3 Å². The number of amides is 1. The van der Waals surface area contributed by atoms with Crippen LogP contribution in [0, 0.1) is 12.8 Å². The van der Waals surface area contributed by atoms with E-state index in [1.807, 2.05) is 18.4 Å². The lowest BCUT2D eigenvalue weighted by molar-refractivity contribution is 0.0920. The number of aliphatic hydroxyl groups excluding tert-OH is 1. The molecule has 1 aliphatic carbocycles. The number of aryl methyl sites for hydroxylation is 1. The zero-order valence-corrected chi connectivity index (χ0v) is 10.2. The van der Waals surface area contributed by atoms with Gasteiger partial charge in [0.1, 0.15) is 0 Å². The van der Waals surface area contributed by atoms with Gasteiger partial charge in [-0.2, -0.15) is 0 Å². The van der Waals surface area contributed by atoms with Gasteiger partial charge in [-0.15, -0.1) is 11.3 Å². The summed E-state index contributed by atoms with van der Waals surface area (Å²) < 4.78 is 0. The molecule has 0 saturated heterocycles. The molecule has 1 fully saturated rings. The van der Waals surface area contributed by atoms with Crippen molar-refractivity contribution >= 4 is 17.2 Å². The molecular weight excluding hydrogens is 222 g/mol. The highest BCUT2D eigenvalue weighted by Gasteiger charge is 2.25. The molecule has 2 atom stereocenters. The molecule has 4 heteroatoms. The molecule has 1 aromatic heterocycles. The van der Waals surface area contributed by atoms with Crippen molar-refractivity contribution in [3.05, 3.63) is 21.9 Å². The average Bonchev–Trinajstić information content (AvgIpc) is 2.84. The van der Waals surface area contributed by atoms with E-state index in [1.54, 1.807) is 0 Å². The van der Waals surface area contributed by atoms with E-state index in [4.69, 9.17) is 0 Å². The third-order valence-corrected chi connectivity index (χ3v) is 4.23. The van der Waals surface area contributed by atoms with Crippen LogP contribution in [0.3, 0.4) is 0 Å². The summed E-state index contributed by atoms with van der Waals surface area (Å²) in [5, 5.41) is 14.5. The maximum atomic E-state index is 11.8. The minimum atomic E-state index is -0.232. The van der Waals surface area contributed by atoms with E-state index in [0.717, 1.165) is 29.7 Å². The smallest absolute Gasteiger partial charge is 0.261 e. The Morgan fingerprint density at radius 1 is 1.62 bits per heavy atom. The van der Waals surface area contributed by atoms with Crippen LogP contribution in [0.4, 0.5) is 0 Å². The molecule has 3 nitrogen and oxygen atoms in total. The molecule has 1 heterocycles. The van der Waals surface area contributed by atoms with Gasteiger partial charge in [0.15, 0.2) is 0 Å². The van der Waals surface area contributed by atoms with E-state index in [2.05, 4.69) is 5.32 Å². The molecule has 0 aliphatic heterocycles. The predicted octanol–water partition coefficient (Wildman–Crippen LogP) is 1.95. The fourth-order valence-corrected chi connectivity index (χ4v) is 3.01. The summed E-state index contributed by atoms with van der Waals surface area (Å²) in [5.74, 6) is 0.232. The minimum Gasteiger partial charge on any atom is -0.393 e. The van der Waals surface area contributed by atoms with Gasteiger partial charge in [0.25, 0.3) is 5.91 Å². The first-order valence-corrected chi connectivity index (χ1v) is 6.57. The maximum Gasteiger partial charge on any atom is 0.261 e. The Bertz CT molecular complexity index is 375. The van der Waals surface area contributed by atoms with Gasteiger partial charge in [0, 0.05) is 12.5 Å². The minimum absolute atomic E-state index is 0.00778. The Morgan fingerprint density at radius 3 is 3.00 bits per heavy atom. The number of hydrogen-bond donors (Lipinski definition) is 2. The third-order valence-electron chi connectivity index (χ3n) is 3.21. The van der Waals surface area contributed by atoms with Gasteiger partial charge in [-0.05, 0) is 36.8 Å². The Morgan fingerprint density at radius 2 is 2.44 bits per heavy atom. The highest BCUT2D eigenvalue weighted by molar-refractivity contribution is 7.12. The Labute approximate surface area is 99.5 Å². The van der Waals surface area contributed by atoms with E-state index in [0.29, 0.717) is 6.54 Å². The van der Waals surface area contributed by atoms with Gasteiger partial charge >= 0.3 is 0 Å². The van der Waals surface area contributed by atoms with Crippen LogP contribution in [-0.2, 0) is 0 Å². The van der Waals surface area contributed by atoms with Crippen molar-refractivity contribution in [2.75, 3.05) is 6.54 Å². The Kier molecular flexibility index (Phi) is 3.61. The van der Waals surface area contributed by atoms with Crippen LogP contribution in [0.5, 0.6) is 0 Å². The van der Waals surface area contributed by atoms with Crippen molar-refractivity contribution in [2.24, 2.45) is 5.92 Å². The molecule has 1 saturated carbocycles. The van der Waals surface area contributed by atoms with E-state index in [-0.39, 0.29) is 17.9 Å². The summed E-state index contributed by atoms with van der Waals surface area (Å²) in [5.41, 5.74) is 1.02. The normalized spacial score (nSPS) is 24.6. The van der Waals surface area contributed by atoms with Crippen LogP contribution in [0.25, 0.3) is 0 Å². The Balaban J connectivity index is 1.86. The highest BCUT2D eigenvalue weighted by atomic mass is 32.1. The largest absolute Gasteiger partial charge is 0.393 e. The van der Waals surface area contributed by atoms with E-state index in [9.17, 15) is 9.90 Å². The first-order valence-electron chi connectivity index (χ1n) is 5.69. The lowest BCUT2D eigenvalue weighted by atomic mass is 10.1. The Hall–Kier alpha value is -0.870. The summed E-state index contributed by atoms with van der Waals surface area (Å²) in [6, 6.07) is 1.95. The van der Waals surface area contributed by atoms with Crippen molar-refractivity contribution in [2.45, 2.75) is 32.3 Å². The quantitative estimate of drug-likeness (QED) is 0.847. The van der Waals surface area contributed by atoms with Crippen LogP contribution in [0.1, 0.15) is 34.5 Å². The fraction of sp³-hybridized carbons (Fsp3) is 0.583. The van der Waals surface area contributed by atoms with E-state index >= 15 is 0 Å². The highest BCUT2D eigenvalue weighted by Crippen LogP contribution is 2.25. The average molecular weight is 239 g/mol. The molecule has 1 aliphatic rings. The second kappa shape index (κ2) is 4.97. The molecule has 0 aromatic carbocycles. The molecule has 88 valence electrons. The monoisotopic (exact) mass is 239 g/mol. The van der Waals surface area contributed by atoms with Crippen LogP contribution in [0.2, 0.25) is 0 Å². The lowest BCUT2D eigenvalue weighted by Crippen LogP contribution is -2.32. The zero-order valence-electron chi connectivity index (χ0n) is 9.40. The molecule has 16 heavy (non-hydrogen) atoms. The second-order valence-corrected chi connectivity index (χ2v) is 5.32. The number of thiophene rings is 1. The number of hydrogen-bond acceptors (Lipinski definition) is 3. The van der Waals surface area contributed by atoms with Crippen molar-refractivity contribution in [3.8, 4) is 0 Å². The van der Waals surface area contributed by atoms with Gasteiger partial charge in [-0.1, -0.05) is 6.42 Å². The number of carbonyl (C=O) groups is 1. The molecular formula is C12H17NO2S. The summed E-state index contributed by atoms with van der Waals surface area (Å²) >= 11 is 1.47. The molecule has 0 spiro atoms. The van der Waals surface area contributed by atoms with Gasteiger partial charge in [0.2, 0.25) is 0 Å². The molecule has 0 bridgehead atoms. The number of nitrogens with one attached hydrogen (secondary N) is 1. The van der Waals surface area contributed by atoms with E-state index in [1.165, 1.54) is 11.3 Å². The van der Waals surface area contributed by atoms with Gasteiger partial charge in [0.05, 0.1) is 11.0 Å². The molecule has 2 unspecified atom stereocenters. The second-order valence-electron chi connectivity index (χ2n) is 4.40. The number of rotatable bonds is 3. The van der Waals surface area contributed by atoms with Crippen LogP contribution < -0.4 is 5.32 Å². The van der Waals surface area contributed by atoms with Crippen molar-refractivity contribution in [1.82, 2.24) is 5.32 Å². The van der Waals surface area contributed by atoms with Crippen LogP contribution in [-0.4, -0.2) is 23.7 Å². The first-order chi connectivity index (χ1) is 7.68. The molecule has 2 N–H and O–H groups in total. The van der Waals surface area contributed by atoms with E-state index < -0.39 is 0 Å². The standard InChI is InChI=1S/C12H17NO2S/c1-8-5-6-16-11(8)12(15)13-7-9-3-2-4-10(9)14/h5-6,9-10,14H,2-4,7H2,1H3,(H,13,15).